The molecule has 0 saturated carbocycles. The predicted molar refractivity (Wildman–Crippen MR) is 72.8 cm³/mol. The first kappa shape index (κ1) is 12.3. The van der Waals surface area contributed by atoms with Crippen molar-refractivity contribution < 1.29 is 4.79 Å². The fourth-order valence-electron chi connectivity index (χ4n) is 1.96. The largest absolute Gasteiger partial charge is 0.354 e. The van der Waals surface area contributed by atoms with E-state index in [-0.39, 0.29) is 12.3 Å². The van der Waals surface area contributed by atoms with Gasteiger partial charge >= 0.3 is 0 Å². The van der Waals surface area contributed by atoms with Crippen LogP contribution in [0.4, 0.5) is 0 Å². The Morgan fingerprint density at radius 2 is 2.25 bits per heavy atom. The Bertz CT molecular complexity index is 670. The van der Waals surface area contributed by atoms with Crippen molar-refractivity contribution >= 4 is 16.9 Å². The van der Waals surface area contributed by atoms with Gasteiger partial charge in [0.25, 0.3) is 0 Å². The first-order chi connectivity index (χ1) is 9.81. The van der Waals surface area contributed by atoms with Crippen LogP contribution >= 0.6 is 0 Å². The van der Waals surface area contributed by atoms with Gasteiger partial charge in [-0.1, -0.05) is 12.1 Å². The summed E-state index contributed by atoms with van der Waals surface area (Å²) in [5.41, 5.74) is 1.82. The van der Waals surface area contributed by atoms with Gasteiger partial charge in [0.2, 0.25) is 5.91 Å². The maximum atomic E-state index is 11.8. The summed E-state index contributed by atoms with van der Waals surface area (Å²) in [7, 11) is 0. The molecule has 0 aliphatic carbocycles. The van der Waals surface area contributed by atoms with Crippen LogP contribution in [-0.4, -0.2) is 37.2 Å². The van der Waals surface area contributed by atoms with Crippen molar-refractivity contribution in [3.8, 4) is 0 Å². The molecule has 20 heavy (non-hydrogen) atoms. The summed E-state index contributed by atoms with van der Waals surface area (Å²) in [6.07, 6.45) is 3.33. The number of rotatable bonds is 5. The monoisotopic (exact) mass is 270 g/mol. The van der Waals surface area contributed by atoms with E-state index in [0.717, 1.165) is 11.0 Å². The summed E-state index contributed by atoms with van der Waals surface area (Å²) in [5, 5.41) is 6.79. The fourth-order valence-corrected chi connectivity index (χ4v) is 1.96. The number of hydrogen-bond acceptors (Lipinski definition) is 4. The molecule has 0 radical (unpaired) electrons. The van der Waals surface area contributed by atoms with E-state index in [1.54, 1.807) is 11.0 Å². The highest BCUT2D eigenvalue weighted by molar-refractivity contribution is 5.80. The van der Waals surface area contributed by atoms with Gasteiger partial charge < -0.3 is 10.3 Å². The van der Waals surface area contributed by atoms with E-state index in [0.29, 0.717) is 18.9 Å². The molecule has 1 aromatic carbocycles. The van der Waals surface area contributed by atoms with Gasteiger partial charge in [0.1, 0.15) is 18.5 Å². The molecule has 0 spiro atoms. The van der Waals surface area contributed by atoms with Crippen LogP contribution in [0.1, 0.15) is 5.82 Å². The topological polar surface area (TPSA) is 88.5 Å². The molecular weight excluding hydrogens is 256 g/mol. The molecule has 2 N–H and O–H groups in total. The number of H-pyrrole nitrogens is 1. The van der Waals surface area contributed by atoms with Crippen molar-refractivity contribution in [2.24, 2.45) is 0 Å². The number of amides is 1. The Morgan fingerprint density at radius 3 is 3.05 bits per heavy atom. The number of aromatic nitrogens is 5. The summed E-state index contributed by atoms with van der Waals surface area (Å²) < 4.78 is 1.67. The number of hydrogen-bond donors (Lipinski definition) is 2. The molecule has 0 aliphatic rings. The molecule has 2 heterocycles. The predicted octanol–water partition coefficient (Wildman–Crippen LogP) is 0.513. The number of carbonyl (C=O) groups excluding carboxylic acids is 1. The highest BCUT2D eigenvalue weighted by Gasteiger charge is 2.07. The second kappa shape index (κ2) is 5.52. The highest BCUT2D eigenvalue weighted by Crippen LogP contribution is 2.10. The maximum absolute atomic E-state index is 11.8. The number of nitrogens with one attached hydrogen (secondary N) is 2. The lowest BCUT2D eigenvalue weighted by molar-refractivity contribution is -0.120. The van der Waals surface area contributed by atoms with Crippen LogP contribution in [0, 0.1) is 0 Å². The first-order valence-corrected chi connectivity index (χ1v) is 6.34. The van der Waals surface area contributed by atoms with Gasteiger partial charge in [-0.05, 0) is 12.1 Å². The minimum absolute atomic E-state index is 0.0656. The molecule has 7 heteroatoms. The van der Waals surface area contributed by atoms with Gasteiger partial charge in [0, 0.05) is 6.54 Å². The first-order valence-electron chi connectivity index (χ1n) is 6.34. The molecule has 0 aliphatic heterocycles. The van der Waals surface area contributed by atoms with Crippen LogP contribution in [0.3, 0.4) is 0 Å². The molecule has 0 saturated heterocycles. The third-order valence-electron chi connectivity index (χ3n) is 2.90. The Kier molecular flexibility index (Phi) is 3.40. The number of para-hydroxylation sites is 2. The second-order valence-corrected chi connectivity index (χ2v) is 4.39. The van der Waals surface area contributed by atoms with Crippen molar-refractivity contribution in [2.45, 2.75) is 13.0 Å². The van der Waals surface area contributed by atoms with E-state index in [1.165, 1.54) is 6.33 Å². The molecule has 1 amide bonds. The Labute approximate surface area is 115 Å². The zero-order valence-electron chi connectivity index (χ0n) is 10.8. The Morgan fingerprint density at radius 1 is 1.35 bits per heavy atom. The normalized spacial score (nSPS) is 10.8. The molecular formula is C13H14N6O. The van der Waals surface area contributed by atoms with Gasteiger partial charge in [-0.3, -0.25) is 9.48 Å². The zero-order valence-corrected chi connectivity index (χ0v) is 10.8. The number of benzene rings is 1. The Balaban J connectivity index is 1.53. The van der Waals surface area contributed by atoms with E-state index >= 15 is 0 Å². The van der Waals surface area contributed by atoms with Crippen molar-refractivity contribution in [2.75, 3.05) is 6.54 Å². The second-order valence-electron chi connectivity index (χ2n) is 4.39. The number of imidazole rings is 1. The SMILES string of the molecule is O=C(Cc1nc2ccccc2[nH]1)NCCn1cncn1. The van der Waals surface area contributed by atoms with Crippen LogP contribution in [0.25, 0.3) is 11.0 Å². The molecule has 0 bridgehead atoms. The summed E-state index contributed by atoms with van der Waals surface area (Å²) >= 11 is 0. The van der Waals surface area contributed by atoms with E-state index < -0.39 is 0 Å². The molecule has 3 rings (SSSR count). The van der Waals surface area contributed by atoms with Crippen molar-refractivity contribution in [1.29, 1.82) is 0 Å². The van der Waals surface area contributed by atoms with Gasteiger partial charge in [0.15, 0.2) is 0 Å². The van der Waals surface area contributed by atoms with Crippen molar-refractivity contribution in [3.63, 3.8) is 0 Å². The Hall–Kier alpha value is -2.70. The number of nitrogens with zero attached hydrogens (tertiary/aromatic N) is 4. The molecule has 0 unspecified atom stereocenters. The molecule has 0 fully saturated rings. The van der Waals surface area contributed by atoms with E-state index in [1.807, 2.05) is 24.3 Å². The third kappa shape index (κ3) is 2.82. The van der Waals surface area contributed by atoms with Gasteiger partial charge in [0.05, 0.1) is 24.0 Å². The minimum atomic E-state index is -0.0656. The van der Waals surface area contributed by atoms with E-state index in [9.17, 15) is 4.79 Å². The van der Waals surface area contributed by atoms with E-state index in [2.05, 4.69) is 25.4 Å². The van der Waals surface area contributed by atoms with Crippen LogP contribution < -0.4 is 5.32 Å². The fraction of sp³-hybridized carbons (Fsp3) is 0.231. The third-order valence-corrected chi connectivity index (χ3v) is 2.90. The molecule has 7 nitrogen and oxygen atoms in total. The number of carbonyl (C=O) groups is 1. The van der Waals surface area contributed by atoms with Gasteiger partial charge in [-0.2, -0.15) is 5.10 Å². The van der Waals surface area contributed by atoms with Gasteiger partial charge in [-0.15, -0.1) is 0 Å². The molecule has 3 aromatic rings. The average molecular weight is 270 g/mol. The highest BCUT2D eigenvalue weighted by atomic mass is 16.1. The van der Waals surface area contributed by atoms with Crippen LogP contribution in [0.2, 0.25) is 0 Å². The number of aromatic amines is 1. The van der Waals surface area contributed by atoms with Crippen molar-refractivity contribution in [3.05, 3.63) is 42.7 Å². The summed E-state index contributed by atoms with van der Waals surface area (Å²) in [6, 6.07) is 7.71. The zero-order chi connectivity index (χ0) is 13.8. The average Bonchev–Trinajstić information content (AvgIpc) is 3.06. The summed E-state index contributed by atoms with van der Waals surface area (Å²) in [4.78, 5) is 23.1. The van der Waals surface area contributed by atoms with Crippen molar-refractivity contribution in [1.82, 2.24) is 30.0 Å². The smallest absolute Gasteiger partial charge is 0.227 e. The van der Waals surface area contributed by atoms with E-state index in [4.69, 9.17) is 0 Å². The quantitative estimate of drug-likeness (QED) is 0.707. The van der Waals surface area contributed by atoms with Gasteiger partial charge in [-0.25, -0.2) is 9.97 Å². The van der Waals surface area contributed by atoms with Crippen LogP contribution in [0.15, 0.2) is 36.9 Å². The lowest BCUT2D eigenvalue weighted by atomic mass is 10.3. The molecule has 0 atom stereocenters. The summed E-state index contributed by atoms with van der Waals surface area (Å²) in [6.45, 7) is 1.12. The standard InChI is InChI=1S/C13H14N6O/c20-13(15-5-6-19-9-14-8-16-19)7-12-17-10-3-1-2-4-11(10)18-12/h1-4,8-9H,5-7H2,(H,15,20)(H,17,18). The van der Waals surface area contributed by atoms with Crippen LogP contribution in [0.5, 0.6) is 0 Å². The maximum Gasteiger partial charge on any atom is 0.227 e. The lowest BCUT2D eigenvalue weighted by Crippen LogP contribution is -2.29. The summed E-state index contributed by atoms with van der Waals surface area (Å²) in [5.74, 6) is 0.605. The van der Waals surface area contributed by atoms with Crippen LogP contribution in [-0.2, 0) is 17.8 Å². The number of fused-ring (bicyclic) bond motifs is 1. The molecule has 102 valence electrons. The molecule has 2 aromatic heterocycles. The lowest BCUT2D eigenvalue weighted by Gasteiger charge is -2.03. The minimum Gasteiger partial charge on any atom is -0.354 e.